The summed E-state index contributed by atoms with van der Waals surface area (Å²) in [4.78, 5) is 12.2. The minimum Gasteiger partial charge on any atom is -0.495 e. The molecule has 0 saturated heterocycles. The largest absolute Gasteiger partial charge is 0.495 e. The summed E-state index contributed by atoms with van der Waals surface area (Å²) in [6, 6.07) is 9.82. The van der Waals surface area contributed by atoms with Crippen molar-refractivity contribution in [3.63, 3.8) is 0 Å². The quantitative estimate of drug-likeness (QED) is 0.730. The normalized spacial score (nSPS) is 13.1. The number of ether oxygens (including phenoxy) is 3. The summed E-state index contributed by atoms with van der Waals surface area (Å²) in [7, 11) is -2.26. The summed E-state index contributed by atoms with van der Waals surface area (Å²) < 4.78 is 43.3. The molecule has 28 heavy (non-hydrogen) atoms. The van der Waals surface area contributed by atoms with Gasteiger partial charge in [0.1, 0.15) is 19.0 Å². The van der Waals surface area contributed by atoms with E-state index in [1.165, 1.54) is 19.2 Å². The monoisotopic (exact) mass is 406 g/mol. The molecular formula is C19H22N2O6S. The Morgan fingerprint density at radius 2 is 1.86 bits per heavy atom. The first kappa shape index (κ1) is 20.0. The predicted octanol–water partition coefficient (Wildman–Crippen LogP) is 2.08. The first-order valence-corrected chi connectivity index (χ1v) is 10.2. The molecule has 1 aliphatic rings. The third-order valence-corrected chi connectivity index (χ3v) is 5.56. The molecule has 1 aliphatic heterocycles. The van der Waals surface area contributed by atoms with Crippen molar-refractivity contribution in [2.75, 3.05) is 32.2 Å². The summed E-state index contributed by atoms with van der Waals surface area (Å²) in [5.74, 6) is 1.11. The predicted molar refractivity (Wildman–Crippen MR) is 104 cm³/mol. The molecule has 8 nitrogen and oxygen atoms in total. The average molecular weight is 406 g/mol. The van der Waals surface area contributed by atoms with Crippen LogP contribution in [0.4, 0.5) is 5.69 Å². The van der Waals surface area contributed by atoms with Crippen molar-refractivity contribution >= 4 is 21.6 Å². The summed E-state index contributed by atoms with van der Waals surface area (Å²) >= 11 is 0. The third-order valence-electron chi connectivity index (χ3n) is 4.10. The van der Waals surface area contributed by atoms with Gasteiger partial charge in [-0.2, -0.15) is 0 Å². The van der Waals surface area contributed by atoms with E-state index in [1.54, 1.807) is 18.2 Å². The molecule has 150 valence electrons. The first-order valence-electron chi connectivity index (χ1n) is 8.73. The highest BCUT2D eigenvalue weighted by atomic mass is 32.2. The van der Waals surface area contributed by atoms with Crippen molar-refractivity contribution in [2.45, 2.75) is 18.2 Å². The second kappa shape index (κ2) is 8.49. The number of nitrogens with one attached hydrogen (secondary N) is 2. The number of aryl methyl sites for hydroxylation is 1. The van der Waals surface area contributed by atoms with E-state index < -0.39 is 10.0 Å². The molecule has 9 heteroatoms. The van der Waals surface area contributed by atoms with Crippen molar-refractivity contribution in [2.24, 2.45) is 0 Å². The number of rotatable bonds is 7. The second-order valence-electron chi connectivity index (χ2n) is 6.21. The molecule has 2 aromatic carbocycles. The molecule has 0 saturated carbocycles. The Balaban J connectivity index is 1.58. The van der Waals surface area contributed by atoms with Crippen molar-refractivity contribution in [1.82, 2.24) is 4.72 Å². The van der Waals surface area contributed by atoms with Gasteiger partial charge in [0, 0.05) is 19.0 Å². The van der Waals surface area contributed by atoms with Crippen molar-refractivity contribution in [3.05, 3.63) is 42.0 Å². The number of sulfonamides is 1. The molecule has 0 radical (unpaired) electrons. The van der Waals surface area contributed by atoms with E-state index in [-0.39, 0.29) is 23.8 Å². The van der Waals surface area contributed by atoms with Crippen LogP contribution < -0.4 is 24.2 Å². The molecule has 2 N–H and O–H groups in total. The molecule has 0 atom stereocenters. The lowest BCUT2D eigenvalue weighted by atomic mass is 10.2. The van der Waals surface area contributed by atoms with Gasteiger partial charge < -0.3 is 19.5 Å². The van der Waals surface area contributed by atoms with Crippen LogP contribution in [0.2, 0.25) is 0 Å². The molecule has 0 bridgehead atoms. The minimum atomic E-state index is -3.77. The lowest BCUT2D eigenvalue weighted by Gasteiger charge is -2.18. The number of amides is 1. The van der Waals surface area contributed by atoms with Gasteiger partial charge in [-0.1, -0.05) is 6.07 Å². The Kier molecular flexibility index (Phi) is 6.05. The number of anilines is 1. The molecule has 0 unspecified atom stereocenters. The molecule has 1 amide bonds. The van der Waals surface area contributed by atoms with Crippen LogP contribution in [0.1, 0.15) is 12.0 Å². The molecule has 0 spiro atoms. The number of benzene rings is 2. The maximum absolute atomic E-state index is 12.4. The van der Waals surface area contributed by atoms with Crippen LogP contribution in [0, 0.1) is 6.92 Å². The molecule has 3 rings (SSSR count). The maximum Gasteiger partial charge on any atom is 0.240 e. The van der Waals surface area contributed by atoms with Gasteiger partial charge in [0.25, 0.3) is 0 Å². The summed E-state index contributed by atoms with van der Waals surface area (Å²) in [6.07, 6.45) is -0.0269. The molecule has 0 aliphatic carbocycles. The Morgan fingerprint density at radius 1 is 1.11 bits per heavy atom. The smallest absolute Gasteiger partial charge is 0.240 e. The van der Waals surface area contributed by atoms with Crippen LogP contribution >= 0.6 is 0 Å². The molecule has 0 fully saturated rings. The number of carbonyl (C=O) groups excluding carboxylic acids is 1. The second-order valence-corrected chi connectivity index (χ2v) is 7.97. The molecule has 2 aromatic rings. The zero-order chi connectivity index (χ0) is 20.1. The van der Waals surface area contributed by atoms with E-state index >= 15 is 0 Å². The third kappa shape index (κ3) is 4.73. The van der Waals surface area contributed by atoms with Crippen LogP contribution in [0.5, 0.6) is 17.2 Å². The minimum absolute atomic E-state index is 0.0269. The lowest BCUT2D eigenvalue weighted by molar-refractivity contribution is -0.116. The van der Waals surface area contributed by atoms with Gasteiger partial charge in [0.05, 0.1) is 17.7 Å². The van der Waals surface area contributed by atoms with Crippen molar-refractivity contribution in [3.8, 4) is 17.2 Å². The Morgan fingerprint density at radius 3 is 2.61 bits per heavy atom. The van der Waals surface area contributed by atoms with Gasteiger partial charge in [-0.15, -0.1) is 0 Å². The highest BCUT2D eigenvalue weighted by Gasteiger charge is 2.19. The molecule has 1 heterocycles. The van der Waals surface area contributed by atoms with Gasteiger partial charge in [-0.3, -0.25) is 4.79 Å². The van der Waals surface area contributed by atoms with Gasteiger partial charge >= 0.3 is 0 Å². The number of hydrogen-bond donors (Lipinski definition) is 2. The standard InChI is InChI=1S/C19H22N2O6S/c1-13-3-5-16(25-2)15(11-13)21-19(22)7-8-20-28(23,24)14-4-6-17-18(12-14)27-10-9-26-17/h3-6,11-12,20H,7-10H2,1-2H3,(H,21,22). The Hall–Kier alpha value is -2.78. The summed E-state index contributed by atoms with van der Waals surface area (Å²) in [6.45, 7) is 2.65. The first-order chi connectivity index (χ1) is 13.4. The van der Waals surface area contributed by atoms with Gasteiger partial charge in [-0.25, -0.2) is 13.1 Å². The number of hydrogen-bond acceptors (Lipinski definition) is 6. The average Bonchev–Trinajstić information content (AvgIpc) is 2.67. The zero-order valence-corrected chi connectivity index (χ0v) is 16.5. The fraction of sp³-hybridized carbons (Fsp3) is 0.316. The number of carbonyl (C=O) groups is 1. The maximum atomic E-state index is 12.4. The van der Waals surface area contributed by atoms with E-state index in [9.17, 15) is 13.2 Å². The van der Waals surface area contributed by atoms with Gasteiger partial charge in [0.2, 0.25) is 15.9 Å². The van der Waals surface area contributed by atoms with Crippen LogP contribution in [0.25, 0.3) is 0 Å². The SMILES string of the molecule is COc1ccc(C)cc1NC(=O)CCNS(=O)(=O)c1ccc2c(c1)OCCO2. The topological polar surface area (TPSA) is 103 Å². The summed E-state index contributed by atoms with van der Waals surface area (Å²) in [5, 5.41) is 2.73. The van der Waals surface area contributed by atoms with E-state index in [2.05, 4.69) is 10.0 Å². The van der Waals surface area contributed by atoms with Crippen LogP contribution in [0.15, 0.2) is 41.3 Å². The van der Waals surface area contributed by atoms with Crippen LogP contribution in [-0.4, -0.2) is 41.2 Å². The van der Waals surface area contributed by atoms with E-state index in [4.69, 9.17) is 14.2 Å². The molecule has 0 aromatic heterocycles. The van der Waals surface area contributed by atoms with Crippen molar-refractivity contribution < 1.29 is 27.4 Å². The van der Waals surface area contributed by atoms with Gasteiger partial charge in [-0.05, 0) is 36.8 Å². The Labute approximate surface area is 163 Å². The number of methoxy groups -OCH3 is 1. The fourth-order valence-corrected chi connectivity index (χ4v) is 3.75. The zero-order valence-electron chi connectivity index (χ0n) is 15.7. The highest BCUT2D eigenvalue weighted by Crippen LogP contribution is 2.32. The van der Waals surface area contributed by atoms with Gasteiger partial charge in [0.15, 0.2) is 11.5 Å². The van der Waals surface area contributed by atoms with Crippen LogP contribution in [-0.2, 0) is 14.8 Å². The molecular weight excluding hydrogens is 384 g/mol. The fourth-order valence-electron chi connectivity index (χ4n) is 2.71. The Bertz CT molecular complexity index is 974. The highest BCUT2D eigenvalue weighted by molar-refractivity contribution is 7.89. The number of fused-ring (bicyclic) bond motifs is 1. The van der Waals surface area contributed by atoms with Crippen LogP contribution in [0.3, 0.4) is 0 Å². The van der Waals surface area contributed by atoms with Crippen molar-refractivity contribution in [1.29, 1.82) is 0 Å². The summed E-state index contributed by atoms with van der Waals surface area (Å²) in [5.41, 5.74) is 1.51. The van der Waals surface area contributed by atoms with E-state index in [0.717, 1.165) is 5.56 Å². The van der Waals surface area contributed by atoms with E-state index in [0.29, 0.717) is 36.1 Å². The lowest BCUT2D eigenvalue weighted by Crippen LogP contribution is -2.28. The van der Waals surface area contributed by atoms with E-state index in [1.807, 2.05) is 13.0 Å².